The number of primary amides is 1. The van der Waals surface area contributed by atoms with E-state index in [1.165, 1.54) is 28.8 Å². The molecule has 1 unspecified atom stereocenters. The van der Waals surface area contributed by atoms with E-state index < -0.39 is 0 Å². The molecule has 1 fully saturated rings. The molecule has 1 amide bonds. The molecule has 2 aromatic carbocycles. The van der Waals surface area contributed by atoms with Gasteiger partial charge in [-0.3, -0.25) is 4.79 Å². The number of aromatic nitrogens is 2. The lowest BCUT2D eigenvalue weighted by atomic mass is 9.62. The van der Waals surface area contributed by atoms with Crippen molar-refractivity contribution in [3.05, 3.63) is 77.4 Å². The zero-order valence-corrected chi connectivity index (χ0v) is 23.4. The third-order valence-corrected chi connectivity index (χ3v) is 9.93. The fourth-order valence-corrected chi connectivity index (χ4v) is 7.69. The predicted molar refractivity (Wildman–Crippen MR) is 158 cm³/mol. The lowest BCUT2D eigenvalue weighted by molar-refractivity contribution is -0.118. The molecule has 3 heterocycles. The standard InChI is InChI=1S/C31H32N4OS2/c1-31(2)15-23(16-31)19-8-10-20(11-9-19)27-28(21-6-4-3-5-7-21)38-30(35-27)25-18-34-29(37-25)22-12-13-24(33-17-22)14-26(32)36/h3-12,18,23-24,33H,13-17H2,1-2H3,(H2,32,36). The summed E-state index contributed by atoms with van der Waals surface area (Å²) in [4.78, 5) is 23.4. The zero-order chi connectivity index (χ0) is 26.3. The van der Waals surface area contributed by atoms with Gasteiger partial charge in [0.2, 0.25) is 5.91 Å². The van der Waals surface area contributed by atoms with Gasteiger partial charge in [-0.1, -0.05) is 74.5 Å². The number of amides is 1. The molecule has 5 nitrogen and oxygen atoms in total. The van der Waals surface area contributed by atoms with Crippen LogP contribution in [0.25, 0.3) is 37.2 Å². The molecule has 0 radical (unpaired) electrons. The Kier molecular flexibility index (Phi) is 6.76. The fraction of sp³-hybridized carbons (Fsp3) is 0.323. The Morgan fingerprint density at radius 3 is 2.45 bits per heavy atom. The monoisotopic (exact) mass is 540 g/mol. The van der Waals surface area contributed by atoms with E-state index in [4.69, 9.17) is 15.7 Å². The van der Waals surface area contributed by atoms with E-state index in [1.54, 1.807) is 22.7 Å². The minimum atomic E-state index is -0.272. The lowest BCUT2D eigenvalue weighted by Gasteiger charge is -2.43. The van der Waals surface area contributed by atoms with Gasteiger partial charge in [0, 0.05) is 30.8 Å². The van der Waals surface area contributed by atoms with E-state index in [-0.39, 0.29) is 11.9 Å². The third-order valence-electron chi connectivity index (χ3n) is 7.59. The zero-order valence-electron chi connectivity index (χ0n) is 21.7. The molecule has 2 aromatic heterocycles. The Hall–Kier alpha value is -3.13. The Balaban J connectivity index is 1.29. The Morgan fingerprint density at radius 2 is 1.79 bits per heavy atom. The lowest BCUT2D eigenvalue weighted by Crippen LogP contribution is -2.36. The van der Waals surface area contributed by atoms with E-state index >= 15 is 0 Å². The summed E-state index contributed by atoms with van der Waals surface area (Å²) < 4.78 is 0. The van der Waals surface area contributed by atoms with Gasteiger partial charge in [0.1, 0.15) is 10.0 Å². The van der Waals surface area contributed by atoms with Gasteiger partial charge in [0.25, 0.3) is 0 Å². The smallest absolute Gasteiger partial charge is 0.218 e. The van der Waals surface area contributed by atoms with Crippen LogP contribution in [0.5, 0.6) is 0 Å². The molecule has 2 aliphatic rings. The van der Waals surface area contributed by atoms with Crippen LogP contribution in [-0.4, -0.2) is 28.5 Å². The summed E-state index contributed by atoms with van der Waals surface area (Å²) in [6, 6.07) is 19.7. The van der Waals surface area contributed by atoms with Gasteiger partial charge in [-0.25, -0.2) is 9.97 Å². The van der Waals surface area contributed by atoms with E-state index in [0.717, 1.165) is 38.1 Å². The van der Waals surface area contributed by atoms with Crippen LogP contribution in [0, 0.1) is 5.41 Å². The SMILES string of the molecule is CC1(C)CC(c2ccc(-c3nc(-c4cnc(C5=CCC(CC(N)=O)NC5)s4)sc3-c3ccccc3)cc2)C1. The van der Waals surface area contributed by atoms with E-state index in [2.05, 4.69) is 79.8 Å². The third kappa shape index (κ3) is 5.23. The second kappa shape index (κ2) is 10.2. The molecule has 0 spiro atoms. The van der Waals surface area contributed by atoms with E-state index in [1.807, 2.05) is 6.20 Å². The molecule has 1 atom stereocenters. The Bertz CT molecular complexity index is 1480. The summed E-state index contributed by atoms with van der Waals surface area (Å²) in [5.74, 6) is 0.398. The first-order chi connectivity index (χ1) is 18.3. The molecule has 1 aliphatic carbocycles. The maximum Gasteiger partial charge on any atom is 0.218 e. The summed E-state index contributed by atoms with van der Waals surface area (Å²) in [5, 5.41) is 5.40. The molecule has 7 heteroatoms. The van der Waals surface area contributed by atoms with Gasteiger partial charge in [0.15, 0.2) is 0 Å². The molecule has 0 saturated heterocycles. The predicted octanol–water partition coefficient (Wildman–Crippen LogP) is 7.12. The highest BCUT2D eigenvalue weighted by atomic mass is 32.1. The molecule has 4 aromatic rings. The van der Waals surface area contributed by atoms with Crippen molar-refractivity contribution in [3.63, 3.8) is 0 Å². The van der Waals surface area contributed by atoms with Gasteiger partial charge in [-0.2, -0.15) is 0 Å². The van der Waals surface area contributed by atoms with Crippen molar-refractivity contribution >= 4 is 34.2 Å². The minimum Gasteiger partial charge on any atom is -0.370 e. The number of thiazole rings is 2. The summed E-state index contributed by atoms with van der Waals surface area (Å²) in [7, 11) is 0. The van der Waals surface area contributed by atoms with Crippen LogP contribution in [0.1, 0.15) is 56.0 Å². The van der Waals surface area contributed by atoms with Gasteiger partial charge >= 0.3 is 0 Å². The molecule has 1 saturated carbocycles. The second-order valence-corrected chi connectivity index (χ2v) is 13.2. The molecule has 1 aliphatic heterocycles. The number of hydrogen-bond acceptors (Lipinski definition) is 6. The van der Waals surface area contributed by atoms with Gasteiger partial charge in [-0.15, -0.1) is 22.7 Å². The van der Waals surface area contributed by atoms with Crippen molar-refractivity contribution in [2.75, 3.05) is 6.54 Å². The van der Waals surface area contributed by atoms with Crippen molar-refractivity contribution in [2.45, 2.75) is 51.5 Å². The molecule has 3 N–H and O–H groups in total. The average molecular weight is 541 g/mol. The number of nitrogens with one attached hydrogen (secondary N) is 1. The summed E-state index contributed by atoms with van der Waals surface area (Å²) in [5.41, 5.74) is 11.8. The van der Waals surface area contributed by atoms with Gasteiger partial charge < -0.3 is 11.1 Å². The van der Waals surface area contributed by atoms with E-state index in [0.29, 0.717) is 24.3 Å². The quantitative estimate of drug-likeness (QED) is 0.261. The molecule has 194 valence electrons. The first-order valence-electron chi connectivity index (χ1n) is 13.2. The normalized spacial score (nSPS) is 19.1. The summed E-state index contributed by atoms with van der Waals surface area (Å²) in [6.45, 7) is 5.40. The molecule has 38 heavy (non-hydrogen) atoms. The van der Waals surface area contributed by atoms with Crippen LogP contribution >= 0.6 is 22.7 Å². The first-order valence-corrected chi connectivity index (χ1v) is 14.8. The number of hydrogen-bond donors (Lipinski definition) is 2. The van der Waals surface area contributed by atoms with Crippen molar-refractivity contribution in [3.8, 4) is 31.6 Å². The van der Waals surface area contributed by atoms with Gasteiger partial charge in [0.05, 0.1) is 15.4 Å². The Labute approximate surface area is 231 Å². The maximum absolute atomic E-state index is 11.2. The van der Waals surface area contributed by atoms with Crippen LogP contribution in [0.3, 0.4) is 0 Å². The average Bonchev–Trinajstić information content (AvgIpc) is 3.56. The van der Waals surface area contributed by atoms with Crippen LogP contribution in [-0.2, 0) is 4.79 Å². The highest BCUT2D eigenvalue weighted by molar-refractivity contribution is 7.24. The highest BCUT2D eigenvalue weighted by Crippen LogP contribution is 2.50. The minimum absolute atomic E-state index is 0.104. The van der Waals surface area contributed by atoms with Crippen LogP contribution in [0.4, 0.5) is 0 Å². The first kappa shape index (κ1) is 25.2. The largest absolute Gasteiger partial charge is 0.370 e. The topological polar surface area (TPSA) is 80.9 Å². The van der Waals surface area contributed by atoms with Crippen molar-refractivity contribution in [1.29, 1.82) is 0 Å². The van der Waals surface area contributed by atoms with Gasteiger partial charge in [-0.05, 0) is 47.3 Å². The number of benzene rings is 2. The molecule has 6 rings (SSSR count). The molecular weight excluding hydrogens is 509 g/mol. The van der Waals surface area contributed by atoms with Crippen LogP contribution in [0.15, 0.2) is 66.9 Å². The second-order valence-electron chi connectivity index (χ2n) is 11.2. The van der Waals surface area contributed by atoms with E-state index in [9.17, 15) is 4.79 Å². The Morgan fingerprint density at radius 1 is 1.03 bits per heavy atom. The maximum atomic E-state index is 11.2. The van der Waals surface area contributed by atoms with Crippen molar-refractivity contribution in [1.82, 2.24) is 15.3 Å². The number of nitrogens with two attached hydrogens (primary N) is 1. The highest BCUT2D eigenvalue weighted by Gasteiger charge is 2.36. The summed E-state index contributed by atoms with van der Waals surface area (Å²) in [6.07, 6.45) is 7.77. The summed E-state index contributed by atoms with van der Waals surface area (Å²) >= 11 is 3.40. The molecular formula is C31H32N4OS2. The van der Waals surface area contributed by atoms with Crippen LogP contribution in [0.2, 0.25) is 0 Å². The molecule has 0 bridgehead atoms. The van der Waals surface area contributed by atoms with Crippen molar-refractivity contribution in [2.24, 2.45) is 11.1 Å². The fourth-order valence-electron chi connectivity index (χ4n) is 5.61. The number of carbonyl (C=O) groups is 1. The number of nitrogens with zero attached hydrogens (tertiary/aromatic N) is 2. The van der Waals surface area contributed by atoms with Crippen molar-refractivity contribution < 1.29 is 4.79 Å². The number of rotatable bonds is 7. The van der Waals surface area contributed by atoms with Crippen LogP contribution < -0.4 is 11.1 Å². The number of carbonyl (C=O) groups excluding carboxylic acids is 1.